The van der Waals surface area contributed by atoms with Crippen molar-refractivity contribution in [1.82, 2.24) is 0 Å². The molecule has 0 fully saturated rings. The molecule has 0 aliphatic heterocycles. The summed E-state index contributed by atoms with van der Waals surface area (Å²) < 4.78 is 5.00. The molecule has 0 saturated carbocycles. The van der Waals surface area contributed by atoms with Crippen molar-refractivity contribution in [3.8, 4) is 12.0 Å². The summed E-state index contributed by atoms with van der Waals surface area (Å²) in [6.07, 6.45) is 2.51. The van der Waals surface area contributed by atoms with Crippen LogP contribution in [0.3, 0.4) is 0 Å². The van der Waals surface area contributed by atoms with E-state index in [1.807, 2.05) is 73.7 Å². The van der Waals surface area contributed by atoms with E-state index in [-0.39, 0.29) is 0 Å². The number of hydrogen-bond acceptors (Lipinski definition) is 2. The summed E-state index contributed by atoms with van der Waals surface area (Å²) in [4.78, 5) is 0. The van der Waals surface area contributed by atoms with E-state index in [4.69, 9.17) is 21.6 Å². The molecule has 3 aromatic carbocycles. The second-order valence-electron chi connectivity index (χ2n) is 5.59. The second kappa shape index (κ2) is 10.2. The lowest BCUT2D eigenvalue weighted by atomic mass is 10.0. The Morgan fingerprint density at radius 2 is 1.48 bits per heavy atom. The van der Waals surface area contributed by atoms with Gasteiger partial charge in [-0.25, -0.2) is 0 Å². The average Bonchev–Trinajstić information content (AvgIpc) is 2.66. The largest absolute Gasteiger partial charge is 0.388 e. The SMILES string of the molecule is Cc1ccc(Cc2ccccc2)c(OC#N)c1.ClCc1ccccc1. The van der Waals surface area contributed by atoms with Crippen LogP contribution in [-0.2, 0) is 12.3 Å². The van der Waals surface area contributed by atoms with Crippen LogP contribution in [0.15, 0.2) is 78.9 Å². The zero-order chi connectivity index (χ0) is 17.9. The van der Waals surface area contributed by atoms with E-state index in [0.717, 1.165) is 17.5 Å². The Hall–Kier alpha value is -2.76. The number of aryl methyl sites for hydroxylation is 1. The number of benzene rings is 3. The third-order valence-electron chi connectivity index (χ3n) is 3.61. The number of nitrogens with zero attached hydrogens (tertiary/aromatic N) is 1. The van der Waals surface area contributed by atoms with Crippen LogP contribution in [0, 0.1) is 18.4 Å². The van der Waals surface area contributed by atoms with E-state index < -0.39 is 0 Å². The van der Waals surface area contributed by atoms with Gasteiger partial charge in [-0.15, -0.1) is 16.9 Å². The summed E-state index contributed by atoms with van der Waals surface area (Å²) in [5, 5.41) is 8.63. The first-order valence-electron chi connectivity index (χ1n) is 8.02. The number of hydrogen-bond donors (Lipinski definition) is 0. The molecule has 0 amide bonds. The van der Waals surface area contributed by atoms with Crippen LogP contribution in [-0.4, -0.2) is 0 Å². The Morgan fingerprint density at radius 3 is 2.00 bits per heavy atom. The number of nitriles is 1. The third kappa shape index (κ3) is 6.33. The fraction of sp³-hybridized carbons (Fsp3) is 0.136. The van der Waals surface area contributed by atoms with Gasteiger partial charge in [0.25, 0.3) is 6.26 Å². The van der Waals surface area contributed by atoms with Crippen molar-refractivity contribution >= 4 is 11.6 Å². The van der Waals surface area contributed by atoms with Crippen molar-refractivity contribution < 1.29 is 4.74 Å². The summed E-state index contributed by atoms with van der Waals surface area (Å²) in [5.41, 5.74) is 4.50. The highest BCUT2D eigenvalue weighted by atomic mass is 35.5. The molecule has 126 valence electrons. The van der Waals surface area contributed by atoms with Crippen LogP contribution < -0.4 is 4.74 Å². The summed E-state index contributed by atoms with van der Waals surface area (Å²) >= 11 is 5.53. The maximum Gasteiger partial charge on any atom is 0.292 e. The van der Waals surface area contributed by atoms with Gasteiger partial charge in [-0.2, -0.15) is 0 Å². The standard InChI is InChI=1S/C15H13NO.C7H7Cl/c1-12-7-8-14(15(9-12)17-11-16)10-13-5-3-2-4-6-13;8-6-7-4-2-1-3-5-7/h2-9H,10H2,1H3;1-5H,6H2. The molecule has 2 nitrogen and oxygen atoms in total. The van der Waals surface area contributed by atoms with Gasteiger partial charge in [0.2, 0.25) is 0 Å². The lowest BCUT2D eigenvalue weighted by Gasteiger charge is -2.07. The van der Waals surface area contributed by atoms with Gasteiger partial charge >= 0.3 is 0 Å². The van der Waals surface area contributed by atoms with Crippen LogP contribution in [0.5, 0.6) is 5.75 Å². The first kappa shape index (κ1) is 18.6. The predicted molar refractivity (Wildman–Crippen MR) is 103 cm³/mol. The molecule has 3 aromatic rings. The van der Waals surface area contributed by atoms with Crippen molar-refractivity contribution in [3.63, 3.8) is 0 Å². The molecule has 0 bridgehead atoms. The fourth-order valence-electron chi connectivity index (χ4n) is 2.33. The first-order chi connectivity index (χ1) is 12.2. The second-order valence-corrected chi connectivity index (χ2v) is 5.85. The minimum absolute atomic E-state index is 0.612. The topological polar surface area (TPSA) is 33.0 Å². The van der Waals surface area contributed by atoms with E-state index in [2.05, 4.69) is 12.1 Å². The predicted octanol–water partition coefficient (Wildman–Crippen LogP) is 5.87. The highest BCUT2D eigenvalue weighted by Crippen LogP contribution is 2.23. The van der Waals surface area contributed by atoms with E-state index in [1.54, 1.807) is 6.26 Å². The van der Waals surface area contributed by atoms with Gasteiger partial charge in [-0.1, -0.05) is 72.8 Å². The van der Waals surface area contributed by atoms with Crippen molar-refractivity contribution in [1.29, 1.82) is 5.26 Å². The van der Waals surface area contributed by atoms with Crippen molar-refractivity contribution in [2.24, 2.45) is 0 Å². The highest BCUT2D eigenvalue weighted by molar-refractivity contribution is 6.17. The molecule has 3 heteroatoms. The molecule has 25 heavy (non-hydrogen) atoms. The van der Waals surface area contributed by atoms with Gasteiger partial charge in [-0.05, 0) is 29.7 Å². The molecule has 0 saturated heterocycles. The lowest BCUT2D eigenvalue weighted by molar-refractivity contribution is 0.501. The zero-order valence-corrected chi connectivity index (χ0v) is 14.9. The zero-order valence-electron chi connectivity index (χ0n) is 14.2. The van der Waals surface area contributed by atoms with E-state index in [0.29, 0.717) is 11.6 Å². The Balaban J connectivity index is 0.000000236. The number of alkyl halides is 1. The molecule has 0 aliphatic rings. The molecule has 0 radical (unpaired) electrons. The third-order valence-corrected chi connectivity index (χ3v) is 3.92. The molecule has 0 spiro atoms. The van der Waals surface area contributed by atoms with Gasteiger partial charge in [-0.3, -0.25) is 0 Å². The Bertz CT molecular complexity index is 810. The normalized spacial score (nSPS) is 9.48. The van der Waals surface area contributed by atoms with Crippen LogP contribution >= 0.6 is 11.6 Å². The number of rotatable bonds is 4. The van der Waals surface area contributed by atoms with Crippen molar-refractivity contribution in [3.05, 3.63) is 101 Å². The number of ether oxygens (including phenoxy) is 1. The van der Waals surface area contributed by atoms with Crippen LogP contribution in [0.1, 0.15) is 22.3 Å². The highest BCUT2D eigenvalue weighted by Gasteiger charge is 2.05. The van der Waals surface area contributed by atoms with Crippen LogP contribution in [0.2, 0.25) is 0 Å². The summed E-state index contributed by atoms with van der Waals surface area (Å²) in [7, 11) is 0. The number of halogens is 1. The minimum Gasteiger partial charge on any atom is -0.388 e. The molecule has 0 atom stereocenters. The Morgan fingerprint density at radius 1 is 0.880 bits per heavy atom. The average molecular weight is 350 g/mol. The van der Waals surface area contributed by atoms with Crippen LogP contribution in [0.25, 0.3) is 0 Å². The van der Waals surface area contributed by atoms with Gasteiger partial charge in [0.05, 0.1) is 0 Å². The first-order valence-corrected chi connectivity index (χ1v) is 8.55. The lowest BCUT2D eigenvalue weighted by Crippen LogP contribution is -1.94. The molecule has 0 aromatic heterocycles. The van der Waals surface area contributed by atoms with Gasteiger partial charge in [0.15, 0.2) is 0 Å². The molecule has 0 unspecified atom stereocenters. The fourth-order valence-corrected chi connectivity index (χ4v) is 2.51. The summed E-state index contributed by atoms with van der Waals surface area (Å²) in [6.45, 7) is 1.98. The molecule has 3 rings (SSSR count). The Labute approximate surface area is 154 Å². The molecule has 0 N–H and O–H groups in total. The molecular weight excluding hydrogens is 330 g/mol. The van der Waals surface area contributed by atoms with E-state index in [1.165, 1.54) is 11.1 Å². The van der Waals surface area contributed by atoms with Crippen molar-refractivity contribution in [2.45, 2.75) is 19.2 Å². The van der Waals surface area contributed by atoms with E-state index in [9.17, 15) is 0 Å². The quantitative estimate of drug-likeness (QED) is 0.436. The smallest absolute Gasteiger partial charge is 0.292 e. The molecule has 0 aliphatic carbocycles. The summed E-state index contributed by atoms with van der Waals surface area (Å²) in [5.74, 6) is 1.26. The minimum atomic E-state index is 0.612. The molecular formula is C22H20ClNO. The summed E-state index contributed by atoms with van der Waals surface area (Å²) in [6, 6.07) is 26.0. The maximum atomic E-state index is 8.63. The maximum absolute atomic E-state index is 8.63. The van der Waals surface area contributed by atoms with Gasteiger partial charge in [0, 0.05) is 17.9 Å². The van der Waals surface area contributed by atoms with E-state index >= 15 is 0 Å². The van der Waals surface area contributed by atoms with Gasteiger partial charge < -0.3 is 4.74 Å². The Kier molecular flexibility index (Phi) is 7.56. The molecule has 0 heterocycles. The van der Waals surface area contributed by atoms with Crippen LogP contribution in [0.4, 0.5) is 0 Å². The monoisotopic (exact) mass is 349 g/mol. The van der Waals surface area contributed by atoms with Crippen molar-refractivity contribution in [2.75, 3.05) is 0 Å². The van der Waals surface area contributed by atoms with Gasteiger partial charge in [0.1, 0.15) is 5.75 Å².